The van der Waals surface area contributed by atoms with Gasteiger partial charge < -0.3 is 10.6 Å². The average molecular weight is 282 g/mol. The van der Waals surface area contributed by atoms with E-state index in [1.807, 2.05) is 0 Å². The summed E-state index contributed by atoms with van der Waals surface area (Å²) in [5.74, 6) is 1.61. The van der Waals surface area contributed by atoms with Crippen LogP contribution in [0.4, 0.5) is 0 Å². The van der Waals surface area contributed by atoms with Gasteiger partial charge in [0.25, 0.3) is 0 Å². The molecule has 1 aliphatic carbocycles. The van der Waals surface area contributed by atoms with Crippen LogP contribution in [0.1, 0.15) is 66.2 Å². The van der Waals surface area contributed by atoms with Gasteiger partial charge in [0, 0.05) is 25.0 Å². The molecule has 0 aromatic rings. The molecular formula is C17H34N2O. The number of nitrogens with zero attached hydrogens (tertiary/aromatic N) is 1. The molecule has 0 heterocycles. The second-order valence-electron chi connectivity index (χ2n) is 6.53. The predicted octanol–water partition coefficient (Wildman–Crippen LogP) is 3.42. The molecule has 2 N–H and O–H groups in total. The summed E-state index contributed by atoms with van der Waals surface area (Å²) < 4.78 is 0. The highest BCUT2D eigenvalue weighted by atomic mass is 16.2. The van der Waals surface area contributed by atoms with Crippen LogP contribution in [0, 0.1) is 17.8 Å². The molecule has 0 aliphatic heterocycles. The summed E-state index contributed by atoms with van der Waals surface area (Å²) in [7, 11) is 0. The standard InChI is InChI=1S/C17H34N2O/c1-5-14(6-2)12-19(7-3)17(20)13(4)15-9-8-10-16(18)11-15/h13-16H,5-12,18H2,1-4H3. The Balaban J connectivity index is 2.60. The van der Waals surface area contributed by atoms with E-state index in [9.17, 15) is 4.79 Å². The summed E-state index contributed by atoms with van der Waals surface area (Å²) >= 11 is 0. The van der Waals surface area contributed by atoms with Gasteiger partial charge in [0.2, 0.25) is 5.91 Å². The van der Waals surface area contributed by atoms with Crippen LogP contribution in [-0.4, -0.2) is 29.9 Å². The lowest BCUT2D eigenvalue weighted by atomic mass is 9.78. The molecular weight excluding hydrogens is 248 g/mol. The predicted molar refractivity (Wildman–Crippen MR) is 85.4 cm³/mol. The van der Waals surface area contributed by atoms with Crippen LogP contribution in [0.2, 0.25) is 0 Å². The van der Waals surface area contributed by atoms with Crippen molar-refractivity contribution in [1.29, 1.82) is 0 Å². The van der Waals surface area contributed by atoms with Crippen molar-refractivity contribution >= 4 is 5.91 Å². The maximum Gasteiger partial charge on any atom is 0.225 e. The van der Waals surface area contributed by atoms with E-state index < -0.39 is 0 Å². The second kappa shape index (κ2) is 8.66. The summed E-state index contributed by atoms with van der Waals surface area (Å²) in [4.78, 5) is 14.8. The van der Waals surface area contributed by atoms with E-state index in [2.05, 4.69) is 32.6 Å². The van der Waals surface area contributed by atoms with Gasteiger partial charge in [0.1, 0.15) is 0 Å². The number of nitrogens with two attached hydrogens (primary N) is 1. The first kappa shape index (κ1) is 17.5. The highest BCUT2D eigenvalue weighted by Gasteiger charge is 2.31. The van der Waals surface area contributed by atoms with Crippen LogP contribution in [0.3, 0.4) is 0 Å². The molecule has 118 valence electrons. The topological polar surface area (TPSA) is 46.3 Å². The number of hydrogen-bond donors (Lipinski definition) is 1. The quantitative estimate of drug-likeness (QED) is 0.777. The van der Waals surface area contributed by atoms with Gasteiger partial charge in [-0.15, -0.1) is 0 Å². The third kappa shape index (κ3) is 4.76. The fraction of sp³-hybridized carbons (Fsp3) is 0.941. The average Bonchev–Trinajstić information content (AvgIpc) is 2.47. The molecule has 1 amide bonds. The lowest BCUT2D eigenvalue weighted by Gasteiger charge is -2.34. The maximum absolute atomic E-state index is 12.7. The Morgan fingerprint density at radius 2 is 1.90 bits per heavy atom. The smallest absolute Gasteiger partial charge is 0.225 e. The van der Waals surface area contributed by atoms with Gasteiger partial charge in [-0.25, -0.2) is 0 Å². The molecule has 3 unspecified atom stereocenters. The van der Waals surface area contributed by atoms with Crippen molar-refractivity contribution in [3.8, 4) is 0 Å². The molecule has 0 radical (unpaired) electrons. The van der Waals surface area contributed by atoms with Gasteiger partial charge >= 0.3 is 0 Å². The summed E-state index contributed by atoms with van der Waals surface area (Å²) in [5, 5.41) is 0. The lowest BCUT2D eigenvalue weighted by Crippen LogP contribution is -2.42. The number of carbonyl (C=O) groups is 1. The molecule has 3 atom stereocenters. The van der Waals surface area contributed by atoms with Gasteiger partial charge in [0.05, 0.1) is 0 Å². The zero-order chi connectivity index (χ0) is 15.1. The Morgan fingerprint density at radius 1 is 1.25 bits per heavy atom. The molecule has 1 saturated carbocycles. The van der Waals surface area contributed by atoms with E-state index in [4.69, 9.17) is 5.73 Å². The van der Waals surface area contributed by atoms with Gasteiger partial charge in [-0.2, -0.15) is 0 Å². The van der Waals surface area contributed by atoms with E-state index in [-0.39, 0.29) is 5.92 Å². The van der Waals surface area contributed by atoms with E-state index >= 15 is 0 Å². The first-order valence-electron chi connectivity index (χ1n) is 8.57. The van der Waals surface area contributed by atoms with Crippen molar-refractivity contribution in [2.24, 2.45) is 23.5 Å². The molecule has 3 heteroatoms. The molecule has 0 saturated heterocycles. The Bertz CT molecular complexity index is 285. The Morgan fingerprint density at radius 3 is 2.40 bits per heavy atom. The minimum atomic E-state index is 0.135. The number of hydrogen-bond acceptors (Lipinski definition) is 2. The van der Waals surface area contributed by atoms with Crippen molar-refractivity contribution in [3.05, 3.63) is 0 Å². The normalized spacial score (nSPS) is 24.7. The fourth-order valence-electron chi connectivity index (χ4n) is 3.44. The molecule has 3 nitrogen and oxygen atoms in total. The van der Waals surface area contributed by atoms with Crippen LogP contribution >= 0.6 is 0 Å². The van der Waals surface area contributed by atoms with Gasteiger partial charge in [-0.3, -0.25) is 4.79 Å². The Labute approximate surface area is 125 Å². The molecule has 20 heavy (non-hydrogen) atoms. The minimum absolute atomic E-state index is 0.135. The van der Waals surface area contributed by atoms with Crippen molar-refractivity contribution < 1.29 is 4.79 Å². The molecule has 1 rings (SSSR count). The number of carbonyl (C=O) groups excluding carboxylic acids is 1. The van der Waals surface area contributed by atoms with Crippen LogP contribution in [0.15, 0.2) is 0 Å². The summed E-state index contributed by atoms with van der Waals surface area (Å²) in [6, 6.07) is 0.304. The van der Waals surface area contributed by atoms with Crippen LogP contribution in [0.5, 0.6) is 0 Å². The highest BCUT2D eigenvalue weighted by molar-refractivity contribution is 5.78. The molecule has 0 aromatic heterocycles. The van der Waals surface area contributed by atoms with Gasteiger partial charge in [-0.05, 0) is 38.0 Å². The summed E-state index contributed by atoms with van der Waals surface area (Å²) in [6.45, 7) is 10.4. The Hall–Kier alpha value is -0.570. The van der Waals surface area contributed by atoms with E-state index in [1.165, 1.54) is 12.8 Å². The monoisotopic (exact) mass is 282 g/mol. The van der Waals surface area contributed by atoms with E-state index in [0.29, 0.717) is 23.8 Å². The fourth-order valence-corrected chi connectivity index (χ4v) is 3.44. The van der Waals surface area contributed by atoms with Crippen LogP contribution in [-0.2, 0) is 4.79 Å². The lowest BCUT2D eigenvalue weighted by molar-refractivity contribution is -0.137. The van der Waals surface area contributed by atoms with Crippen molar-refractivity contribution in [3.63, 3.8) is 0 Å². The van der Waals surface area contributed by atoms with Crippen LogP contribution in [0.25, 0.3) is 0 Å². The first-order chi connectivity index (χ1) is 9.53. The minimum Gasteiger partial charge on any atom is -0.342 e. The largest absolute Gasteiger partial charge is 0.342 e. The molecule has 1 aliphatic rings. The van der Waals surface area contributed by atoms with E-state index in [1.54, 1.807) is 0 Å². The third-order valence-corrected chi connectivity index (χ3v) is 5.18. The second-order valence-corrected chi connectivity index (χ2v) is 6.53. The molecule has 0 spiro atoms. The third-order valence-electron chi connectivity index (χ3n) is 5.18. The summed E-state index contributed by atoms with van der Waals surface area (Å²) in [5.41, 5.74) is 6.07. The SMILES string of the molecule is CCC(CC)CN(CC)C(=O)C(C)C1CCCC(N)C1. The van der Waals surface area contributed by atoms with Crippen molar-refractivity contribution in [2.75, 3.05) is 13.1 Å². The first-order valence-corrected chi connectivity index (χ1v) is 8.57. The van der Waals surface area contributed by atoms with Crippen molar-refractivity contribution in [1.82, 2.24) is 4.90 Å². The molecule has 1 fully saturated rings. The highest BCUT2D eigenvalue weighted by Crippen LogP contribution is 2.30. The molecule has 0 bridgehead atoms. The zero-order valence-electron chi connectivity index (χ0n) is 13.9. The number of amides is 1. The maximum atomic E-state index is 12.7. The van der Waals surface area contributed by atoms with Crippen LogP contribution < -0.4 is 5.73 Å². The number of rotatable bonds is 7. The van der Waals surface area contributed by atoms with Gasteiger partial charge in [-0.1, -0.05) is 40.0 Å². The molecule has 0 aromatic carbocycles. The summed E-state index contributed by atoms with van der Waals surface area (Å²) in [6.07, 6.45) is 6.81. The Kier molecular flexibility index (Phi) is 7.57. The van der Waals surface area contributed by atoms with Crippen molar-refractivity contribution in [2.45, 2.75) is 72.3 Å². The van der Waals surface area contributed by atoms with Gasteiger partial charge in [0.15, 0.2) is 0 Å². The zero-order valence-corrected chi connectivity index (χ0v) is 13.9. The van der Waals surface area contributed by atoms with E-state index in [0.717, 1.165) is 38.8 Å².